The van der Waals surface area contributed by atoms with Crippen molar-refractivity contribution >= 4 is 33.4 Å². The highest BCUT2D eigenvalue weighted by Gasteiger charge is 2.46. The maximum absolute atomic E-state index is 12.1. The summed E-state index contributed by atoms with van der Waals surface area (Å²) in [7, 11) is 5.06. The van der Waals surface area contributed by atoms with Crippen molar-refractivity contribution in [2.75, 3.05) is 7.05 Å². The van der Waals surface area contributed by atoms with E-state index < -0.39 is 0 Å². The lowest BCUT2D eigenvalue weighted by molar-refractivity contribution is -0.131. The monoisotopic (exact) mass is 300 g/mol. The van der Waals surface area contributed by atoms with Crippen LogP contribution < -0.4 is 5.32 Å². The van der Waals surface area contributed by atoms with Gasteiger partial charge in [-0.1, -0.05) is 41.9 Å². The van der Waals surface area contributed by atoms with Crippen molar-refractivity contribution in [2.45, 2.75) is 44.4 Å². The van der Waals surface area contributed by atoms with Gasteiger partial charge in [-0.2, -0.15) is 0 Å². The van der Waals surface area contributed by atoms with E-state index in [9.17, 15) is 9.59 Å². The van der Waals surface area contributed by atoms with Gasteiger partial charge in [0.15, 0.2) is 0 Å². The van der Waals surface area contributed by atoms with Gasteiger partial charge in [0.1, 0.15) is 6.04 Å². The highest BCUT2D eigenvalue weighted by Crippen LogP contribution is 2.46. The SMILES string of the molecule is CC(C)CCCC(=O)NC1C(=O)N(C)C2=CSSC21. The minimum absolute atomic E-state index is 0.00117. The summed E-state index contributed by atoms with van der Waals surface area (Å²) in [5.41, 5.74) is 1.02. The second kappa shape index (κ2) is 6.22. The second-order valence-corrected chi connectivity index (χ2v) is 7.67. The summed E-state index contributed by atoms with van der Waals surface area (Å²) in [4.78, 5) is 25.7. The molecule has 106 valence electrons. The van der Waals surface area contributed by atoms with E-state index in [0.29, 0.717) is 12.3 Å². The zero-order valence-electron chi connectivity index (χ0n) is 11.5. The quantitative estimate of drug-likeness (QED) is 0.792. The first-order chi connectivity index (χ1) is 9.00. The fourth-order valence-electron chi connectivity index (χ4n) is 2.27. The number of nitrogens with zero attached hydrogens (tertiary/aromatic N) is 1. The molecule has 2 aliphatic rings. The predicted octanol–water partition coefficient (Wildman–Crippen LogP) is 2.37. The number of nitrogens with one attached hydrogen (secondary N) is 1. The van der Waals surface area contributed by atoms with Crippen LogP contribution in [0.3, 0.4) is 0 Å². The van der Waals surface area contributed by atoms with Crippen molar-refractivity contribution in [2.24, 2.45) is 5.92 Å². The van der Waals surface area contributed by atoms with E-state index in [1.165, 1.54) is 0 Å². The first kappa shape index (κ1) is 14.8. The van der Waals surface area contributed by atoms with Crippen LogP contribution in [0.2, 0.25) is 0 Å². The van der Waals surface area contributed by atoms with E-state index in [1.807, 2.05) is 5.41 Å². The molecule has 0 radical (unpaired) electrons. The number of rotatable bonds is 5. The molecule has 1 N–H and O–H groups in total. The molecule has 2 aliphatic heterocycles. The van der Waals surface area contributed by atoms with Gasteiger partial charge in [0.2, 0.25) is 5.91 Å². The minimum atomic E-state index is -0.386. The summed E-state index contributed by atoms with van der Waals surface area (Å²) in [6.07, 6.45) is 2.44. The molecular weight excluding hydrogens is 280 g/mol. The molecule has 0 aliphatic carbocycles. The summed E-state index contributed by atoms with van der Waals surface area (Å²) in [6.45, 7) is 4.30. The number of likely N-dealkylation sites (N-methyl/N-ethyl adjacent to an activating group) is 1. The lowest BCUT2D eigenvalue weighted by Gasteiger charge is -2.15. The zero-order chi connectivity index (χ0) is 14.0. The molecule has 2 heterocycles. The molecule has 2 atom stereocenters. The largest absolute Gasteiger partial charge is 0.343 e. The Morgan fingerprint density at radius 2 is 2.26 bits per heavy atom. The average molecular weight is 300 g/mol. The van der Waals surface area contributed by atoms with Gasteiger partial charge in [0.05, 0.1) is 5.25 Å². The van der Waals surface area contributed by atoms with E-state index >= 15 is 0 Å². The van der Waals surface area contributed by atoms with Gasteiger partial charge in [0.25, 0.3) is 5.91 Å². The van der Waals surface area contributed by atoms with Gasteiger partial charge in [0, 0.05) is 24.6 Å². The maximum Gasteiger partial charge on any atom is 0.250 e. The topological polar surface area (TPSA) is 49.4 Å². The third kappa shape index (κ3) is 3.28. The van der Waals surface area contributed by atoms with Crippen molar-refractivity contribution in [3.63, 3.8) is 0 Å². The second-order valence-electron chi connectivity index (χ2n) is 5.38. The number of fused-ring (bicyclic) bond motifs is 1. The van der Waals surface area contributed by atoms with E-state index in [1.54, 1.807) is 33.5 Å². The van der Waals surface area contributed by atoms with Crippen LogP contribution >= 0.6 is 21.6 Å². The highest BCUT2D eigenvalue weighted by atomic mass is 33.1. The molecule has 0 spiro atoms. The van der Waals surface area contributed by atoms with Crippen LogP contribution in [0.15, 0.2) is 11.1 Å². The van der Waals surface area contributed by atoms with E-state index in [-0.39, 0.29) is 23.1 Å². The zero-order valence-corrected chi connectivity index (χ0v) is 13.1. The van der Waals surface area contributed by atoms with Gasteiger partial charge in [-0.05, 0) is 12.3 Å². The molecule has 0 aromatic carbocycles. The van der Waals surface area contributed by atoms with Crippen LogP contribution in [-0.4, -0.2) is 35.1 Å². The standard InChI is InChI=1S/C13H20N2O2S2/c1-8(2)5-4-6-10(16)14-11-12-9(7-18-19-12)15(3)13(11)17/h7-8,11-12H,4-6H2,1-3H3,(H,14,16). The maximum atomic E-state index is 12.1. The molecule has 2 rings (SSSR count). The Morgan fingerprint density at radius 1 is 1.53 bits per heavy atom. The number of carbonyl (C=O) groups excluding carboxylic acids is 2. The minimum Gasteiger partial charge on any atom is -0.343 e. The highest BCUT2D eigenvalue weighted by molar-refractivity contribution is 8.78. The third-order valence-corrected chi connectivity index (χ3v) is 5.82. The Morgan fingerprint density at radius 3 is 2.95 bits per heavy atom. The van der Waals surface area contributed by atoms with E-state index in [4.69, 9.17) is 0 Å². The first-order valence-corrected chi connectivity index (χ1v) is 8.87. The third-order valence-electron chi connectivity index (χ3n) is 3.41. The van der Waals surface area contributed by atoms with Crippen molar-refractivity contribution in [1.29, 1.82) is 0 Å². The Labute approximate surface area is 122 Å². The van der Waals surface area contributed by atoms with Gasteiger partial charge in [-0.25, -0.2) is 0 Å². The van der Waals surface area contributed by atoms with E-state index in [2.05, 4.69) is 19.2 Å². The Hall–Kier alpha value is -0.620. The Kier molecular flexibility index (Phi) is 4.84. The molecule has 19 heavy (non-hydrogen) atoms. The summed E-state index contributed by atoms with van der Waals surface area (Å²) in [6, 6.07) is -0.386. The van der Waals surface area contributed by atoms with Crippen molar-refractivity contribution in [3.05, 3.63) is 11.1 Å². The molecule has 6 heteroatoms. The number of amides is 2. The number of likely N-dealkylation sites (tertiary alicyclic amines) is 1. The number of carbonyl (C=O) groups is 2. The van der Waals surface area contributed by atoms with Gasteiger partial charge in [-0.3, -0.25) is 9.59 Å². The molecule has 0 saturated carbocycles. The van der Waals surface area contributed by atoms with Gasteiger partial charge < -0.3 is 10.2 Å². The Balaban J connectivity index is 1.87. The molecule has 0 aromatic heterocycles. The molecule has 0 bridgehead atoms. The van der Waals surface area contributed by atoms with Crippen molar-refractivity contribution < 1.29 is 9.59 Å². The van der Waals surface area contributed by atoms with Gasteiger partial charge >= 0.3 is 0 Å². The van der Waals surface area contributed by atoms with Crippen LogP contribution in [-0.2, 0) is 9.59 Å². The van der Waals surface area contributed by atoms with Crippen LogP contribution in [0.25, 0.3) is 0 Å². The van der Waals surface area contributed by atoms with Crippen LogP contribution in [0.1, 0.15) is 33.1 Å². The first-order valence-electron chi connectivity index (χ1n) is 6.60. The Bertz CT molecular complexity index is 409. The summed E-state index contributed by atoms with van der Waals surface area (Å²) < 4.78 is 0. The molecule has 1 saturated heterocycles. The van der Waals surface area contributed by atoms with Crippen LogP contribution in [0, 0.1) is 5.92 Å². The molecule has 0 aromatic rings. The smallest absolute Gasteiger partial charge is 0.250 e. The molecule has 2 amide bonds. The van der Waals surface area contributed by atoms with Crippen molar-refractivity contribution in [3.8, 4) is 0 Å². The van der Waals surface area contributed by atoms with Crippen LogP contribution in [0.4, 0.5) is 0 Å². The number of hydrogen-bond acceptors (Lipinski definition) is 4. The fraction of sp³-hybridized carbons (Fsp3) is 0.692. The summed E-state index contributed by atoms with van der Waals surface area (Å²) in [5.74, 6) is 0.607. The normalized spacial score (nSPS) is 25.8. The molecule has 2 unspecified atom stereocenters. The molecule has 4 nitrogen and oxygen atoms in total. The average Bonchev–Trinajstić information content (AvgIpc) is 2.89. The van der Waals surface area contributed by atoms with Crippen LogP contribution in [0.5, 0.6) is 0 Å². The fourth-order valence-corrected chi connectivity index (χ4v) is 5.00. The predicted molar refractivity (Wildman–Crippen MR) is 80.4 cm³/mol. The summed E-state index contributed by atoms with van der Waals surface area (Å²) in [5, 5.41) is 4.98. The van der Waals surface area contributed by atoms with E-state index in [0.717, 1.165) is 18.5 Å². The number of hydrogen-bond donors (Lipinski definition) is 1. The molecule has 1 fully saturated rings. The lowest BCUT2D eigenvalue weighted by atomic mass is 10.1. The summed E-state index contributed by atoms with van der Waals surface area (Å²) >= 11 is 0. The van der Waals surface area contributed by atoms with Gasteiger partial charge in [-0.15, -0.1) is 0 Å². The molecular formula is C13H20N2O2S2. The lowest BCUT2D eigenvalue weighted by Crippen LogP contribution is -2.44. The van der Waals surface area contributed by atoms with Crippen molar-refractivity contribution in [1.82, 2.24) is 10.2 Å².